The van der Waals surface area contributed by atoms with Crippen LogP contribution in [0.15, 0.2) is 36.7 Å². The van der Waals surface area contributed by atoms with Crippen molar-refractivity contribution in [2.45, 2.75) is 25.7 Å². The summed E-state index contributed by atoms with van der Waals surface area (Å²) in [6.45, 7) is 5.58. The van der Waals surface area contributed by atoms with E-state index >= 15 is 4.39 Å². The number of H-pyrrole nitrogens is 1. The Bertz CT molecular complexity index is 1170. The van der Waals surface area contributed by atoms with Crippen LogP contribution in [0, 0.1) is 5.82 Å². The van der Waals surface area contributed by atoms with Crippen LogP contribution in [-0.2, 0) is 11.2 Å². The Labute approximate surface area is 204 Å². The van der Waals surface area contributed by atoms with Crippen LogP contribution in [0.3, 0.4) is 0 Å². The minimum absolute atomic E-state index is 0.174. The van der Waals surface area contributed by atoms with E-state index in [-0.39, 0.29) is 11.5 Å². The number of aromatic nitrogens is 3. The van der Waals surface area contributed by atoms with Crippen LogP contribution in [0.25, 0.3) is 22.4 Å². The van der Waals surface area contributed by atoms with Crippen LogP contribution in [0.5, 0.6) is 0 Å². The normalized spacial score (nSPS) is 17.0. The number of primary amides is 1. The molecule has 0 spiro atoms. The lowest BCUT2D eigenvalue weighted by Crippen LogP contribution is -2.37. The van der Waals surface area contributed by atoms with E-state index in [0.717, 1.165) is 62.4 Å². The molecule has 2 aromatic heterocycles. The first-order valence-electron chi connectivity index (χ1n) is 12.3. The molecule has 0 unspecified atom stereocenters. The second-order valence-corrected chi connectivity index (χ2v) is 9.16. The summed E-state index contributed by atoms with van der Waals surface area (Å²) < 4.78 is 20.8. The highest BCUT2D eigenvalue weighted by Crippen LogP contribution is 2.37. The van der Waals surface area contributed by atoms with Gasteiger partial charge in [0.05, 0.1) is 25.1 Å². The van der Waals surface area contributed by atoms with E-state index in [4.69, 9.17) is 10.5 Å². The predicted octanol–water partition coefficient (Wildman–Crippen LogP) is 3.24. The fraction of sp³-hybridized carbons (Fsp3) is 0.423. The number of nitrogens with zero attached hydrogens (tertiary/aromatic N) is 4. The molecule has 1 aromatic carbocycles. The topological polar surface area (TPSA) is 100 Å². The van der Waals surface area contributed by atoms with Gasteiger partial charge in [-0.3, -0.25) is 14.8 Å². The fourth-order valence-electron chi connectivity index (χ4n) is 4.93. The SMILES string of the molecule is NC(=O)c1nc(-c2cn[nH]c2)ccc1-c1cc(CCN2CCOCC2)c(F)cc1N1CCCCC1. The Morgan fingerprint density at radius 3 is 2.60 bits per heavy atom. The Morgan fingerprint density at radius 1 is 1.09 bits per heavy atom. The van der Waals surface area contributed by atoms with Crippen LogP contribution < -0.4 is 10.6 Å². The molecule has 2 aliphatic heterocycles. The summed E-state index contributed by atoms with van der Waals surface area (Å²) in [6, 6.07) is 7.23. The summed E-state index contributed by atoms with van der Waals surface area (Å²) >= 11 is 0. The number of nitrogens with one attached hydrogen (secondary N) is 1. The summed E-state index contributed by atoms with van der Waals surface area (Å²) in [4.78, 5) is 21.6. The zero-order chi connectivity index (χ0) is 24.2. The number of anilines is 1. The fourth-order valence-corrected chi connectivity index (χ4v) is 4.93. The molecular weight excluding hydrogens is 447 g/mol. The zero-order valence-electron chi connectivity index (χ0n) is 19.8. The lowest BCUT2D eigenvalue weighted by Gasteiger charge is -2.31. The number of carbonyl (C=O) groups is 1. The molecule has 35 heavy (non-hydrogen) atoms. The van der Waals surface area contributed by atoms with Crippen molar-refractivity contribution in [3.63, 3.8) is 0 Å². The summed E-state index contributed by atoms with van der Waals surface area (Å²) in [7, 11) is 0. The van der Waals surface area contributed by atoms with Crippen molar-refractivity contribution in [1.82, 2.24) is 20.1 Å². The van der Waals surface area contributed by atoms with Crippen molar-refractivity contribution in [1.29, 1.82) is 0 Å². The van der Waals surface area contributed by atoms with E-state index in [1.807, 2.05) is 18.2 Å². The molecular formula is C26H31FN6O2. The molecule has 2 aliphatic rings. The second kappa shape index (κ2) is 10.5. The van der Waals surface area contributed by atoms with Gasteiger partial charge < -0.3 is 15.4 Å². The maximum atomic E-state index is 15.4. The number of morpholine rings is 1. The third-order valence-corrected chi connectivity index (χ3v) is 6.88. The summed E-state index contributed by atoms with van der Waals surface area (Å²) in [5.41, 5.74) is 10.2. The van der Waals surface area contributed by atoms with Crippen LogP contribution in [0.1, 0.15) is 35.3 Å². The minimum atomic E-state index is -0.617. The number of halogens is 1. The van der Waals surface area contributed by atoms with E-state index in [0.29, 0.717) is 36.5 Å². The summed E-state index contributed by atoms with van der Waals surface area (Å²) in [5.74, 6) is -0.833. The average molecular weight is 479 g/mol. The third-order valence-electron chi connectivity index (χ3n) is 6.88. The molecule has 8 nitrogen and oxygen atoms in total. The van der Waals surface area contributed by atoms with Crippen LogP contribution in [-0.4, -0.2) is 71.9 Å². The number of ether oxygens (including phenoxy) is 1. The van der Waals surface area contributed by atoms with Crippen LogP contribution >= 0.6 is 0 Å². The number of hydrogen-bond donors (Lipinski definition) is 2. The minimum Gasteiger partial charge on any atom is -0.379 e. The van der Waals surface area contributed by atoms with E-state index < -0.39 is 5.91 Å². The molecule has 0 aliphatic carbocycles. The lowest BCUT2D eigenvalue weighted by molar-refractivity contribution is 0.0383. The van der Waals surface area contributed by atoms with Gasteiger partial charge in [0.15, 0.2) is 0 Å². The maximum absolute atomic E-state index is 15.4. The first-order chi connectivity index (χ1) is 17.1. The molecule has 2 fully saturated rings. The van der Waals surface area contributed by atoms with Gasteiger partial charge in [0.25, 0.3) is 5.91 Å². The number of piperidine rings is 1. The molecule has 9 heteroatoms. The third kappa shape index (κ3) is 5.21. The summed E-state index contributed by atoms with van der Waals surface area (Å²) in [5, 5.41) is 6.73. The van der Waals surface area contributed by atoms with Crippen molar-refractivity contribution in [2.24, 2.45) is 5.73 Å². The number of amides is 1. The number of rotatable bonds is 7. The Kier molecular flexibility index (Phi) is 7.06. The number of carbonyl (C=O) groups excluding carboxylic acids is 1. The number of aromatic amines is 1. The van der Waals surface area contributed by atoms with Gasteiger partial charge in [-0.15, -0.1) is 0 Å². The van der Waals surface area contributed by atoms with Gasteiger partial charge in [-0.2, -0.15) is 5.10 Å². The molecule has 0 saturated carbocycles. The standard InChI is InChI=1S/C26H31FN6O2/c27-22-15-24(33-7-2-1-3-8-33)21(14-18(22)6-9-32-10-12-35-13-11-32)20-4-5-23(19-16-29-30-17-19)31-25(20)26(28)34/h4-5,14-17H,1-3,6-13H2,(H2,28,34)(H,29,30). The smallest absolute Gasteiger partial charge is 0.267 e. The van der Waals surface area contributed by atoms with E-state index in [1.165, 1.54) is 6.42 Å². The first-order valence-corrected chi connectivity index (χ1v) is 12.3. The highest BCUT2D eigenvalue weighted by Gasteiger charge is 2.23. The van der Waals surface area contributed by atoms with Gasteiger partial charge in [0.1, 0.15) is 11.5 Å². The quantitative estimate of drug-likeness (QED) is 0.541. The lowest BCUT2D eigenvalue weighted by atomic mass is 9.95. The van der Waals surface area contributed by atoms with Crippen molar-refractivity contribution >= 4 is 11.6 Å². The van der Waals surface area contributed by atoms with Gasteiger partial charge in [0, 0.05) is 61.3 Å². The molecule has 184 valence electrons. The number of pyridine rings is 1. The van der Waals surface area contributed by atoms with Gasteiger partial charge in [-0.05, 0) is 55.5 Å². The van der Waals surface area contributed by atoms with Crippen LogP contribution in [0.4, 0.5) is 10.1 Å². The van der Waals surface area contributed by atoms with Gasteiger partial charge in [-0.25, -0.2) is 9.37 Å². The van der Waals surface area contributed by atoms with Gasteiger partial charge in [0.2, 0.25) is 0 Å². The van der Waals surface area contributed by atoms with E-state index in [1.54, 1.807) is 18.5 Å². The Hall–Kier alpha value is -3.30. The molecule has 0 radical (unpaired) electrons. The second-order valence-electron chi connectivity index (χ2n) is 9.16. The van der Waals surface area contributed by atoms with Crippen molar-refractivity contribution in [3.05, 3.63) is 53.7 Å². The number of hydrogen-bond acceptors (Lipinski definition) is 6. The first kappa shape index (κ1) is 23.4. The number of benzene rings is 1. The Balaban J connectivity index is 1.56. The van der Waals surface area contributed by atoms with E-state index in [9.17, 15) is 4.79 Å². The maximum Gasteiger partial charge on any atom is 0.267 e. The average Bonchev–Trinajstić information content (AvgIpc) is 3.44. The molecule has 4 heterocycles. The highest BCUT2D eigenvalue weighted by molar-refractivity contribution is 6.00. The van der Waals surface area contributed by atoms with Crippen molar-refractivity contribution in [3.8, 4) is 22.4 Å². The predicted molar refractivity (Wildman–Crippen MR) is 133 cm³/mol. The van der Waals surface area contributed by atoms with Crippen molar-refractivity contribution < 1.29 is 13.9 Å². The van der Waals surface area contributed by atoms with Crippen LogP contribution in [0.2, 0.25) is 0 Å². The molecule has 1 amide bonds. The van der Waals surface area contributed by atoms with Gasteiger partial charge >= 0.3 is 0 Å². The largest absolute Gasteiger partial charge is 0.379 e. The molecule has 3 N–H and O–H groups in total. The molecule has 0 bridgehead atoms. The van der Waals surface area contributed by atoms with Gasteiger partial charge in [-0.1, -0.05) is 0 Å². The highest BCUT2D eigenvalue weighted by atomic mass is 19.1. The molecule has 0 atom stereocenters. The summed E-state index contributed by atoms with van der Waals surface area (Å²) in [6.07, 6.45) is 7.21. The zero-order valence-corrected chi connectivity index (χ0v) is 19.8. The monoisotopic (exact) mass is 478 g/mol. The molecule has 5 rings (SSSR count). The van der Waals surface area contributed by atoms with E-state index in [2.05, 4.69) is 25.0 Å². The Morgan fingerprint density at radius 2 is 1.89 bits per heavy atom. The van der Waals surface area contributed by atoms with Crippen molar-refractivity contribution in [2.75, 3.05) is 50.8 Å². The number of nitrogens with two attached hydrogens (primary N) is 1. The molecule has 3 aromatic rings. The molecule has 2 saturated heterocycles.